The molecule has 1 heterocycles. The Kier molecular flexibility index (Phi) is 4.52. The SMILES string of the molecule is CC(=O)c1ccc(Nc2cccc(-c3ccccn3)c2)c([N+](=O)[O-])c1. The standard InChI is InChI=1S/C19H15N3O3/c1-13(23)14-8-9-18(19(12-14)22(24)25)21-16-6-4-5-15(11-16)17-7-2-3-10-20-17/h2-12,21H,1H3. The second kappa shape index (κ2) is 6.92. The van der Waals surface area contributed by atoms with Crippen molar-refractivity contribution in [1.82, 2.24) is 4.98 Å². The lowest BCUT2D eigenvalue weighted by Gasteiger charge is -2.09. The summed E-state index contributed by atoms with van der Waals surface area (Å²) < 4.78 is 0. The van der Waals surface area contributed by atoms with E-state index in [4.69, 9.17) is 0 Å². The summed E-state index contributed by atoms with van der Waals surface area (Å²) in [6.45, 7) is 1.38. The summed E-state index contributed by atoms with van der Waals surface area (Å²) in [5.74, 6) is -0.216. The lowest BCUT2D eigenvalue weighted by molar-refractivity contribution is -0.383. The van der Waals surface area contributed by atoms with Gasteiger partial charge in [-0.3, -0.25) is 19.9 Å². The van der Waals surface area contributed by atoms with Gasteiger partial charge in [0, 0.05) is 29.1 Å². The highest BCUT2D eigenvalue weighted by molar-refractivity contribution is 5.95. The summed E-state index contributed by atoms with van der Waals surface area (Å²) in [7, 11) is 0. The molecule has 0 spiro atoms. The molecule has 3 rings (SSSR count). The number of rotatable bonds is 5. The second-order valence-electron chi connectivity index (χ2n) is 5.47. The van der Waals surface area contributed by atoms with E-state index in [2.05, 4.69) is 10.3 Å². The Morgan fingerprint density at radius 3 is 2.60 bits per heavy atom. The number of Topliss-reactive ketones (excluding diaryl/α,β-unsaturated/α-hetero) is 1. The molecule has 0 fully saturated rings. The number of pyridine rings is 1. The third-order valence-electron chi connectivity index (χ3n) is 3.70. The highest BCUT2D eigenvalue weighted by Gasteiger charge is 2.16. The van der Waals surface area contributed by atoms with Crippen molar-refractivity contribution in [3.63, 3.8) is 0 Å². The van der Waals surface area contributed by atoms with Crippen LogP contribution < -0.4 is 5.32 Å². The molecule has 0 saturated heterocycles. The molecule has 3 aromatic rings. The van der Waals surface area contributed by atoms with Gasteiger partial charge in [-0.15, -0.1) is 0 Å². The first-order chi connectivity index (χ1) is 12.0. The van der Waals surface area contributed by atoms with Crippen molar-refractivity contribution >= 4 is 22.8 Å². The van der Waals surface area contributed by atoms with E-state index in [1.165, 1.54) is 13.0 Å². The molecular weight excluding hydrogens is 318 g/mol. The van der Waals surface area contributed by atoms with Crippen LogP contribution >= 0.6 is 0 Å². The predicted octanol–water partition coefficient (Wildman–Crippen LogP) is 4.60. The number of hydrogen-bond donors (Lipinski definition) is 1. The van der Waals surface area contributed by atoms with E-state index in [-0.39, 0.29) is 11.5 Å². The minimum absolute atomic E-state index is 0.143. The molecule has 0 unspecified atom stereocenters. The Morgan fingerprint density at radius 2 is 1.92 bits per heavy atom. The zero-order valence-corrected chi connectivity index (χ0v) is 13.5. The van der Waals surface area contributed by atoms with Crippen molar-refractivity contribution in [3.05, 3.63) is 82.5 Å². The summed E-state index contributed by atoms with van der Waals surface area (Å²) in [6.07, 6.45) is 1.71. The van der Waals surface area contributed by atoms with Crippen LogP contribution in [0.5, 0.6) is 0 Å². The van der Waals surface area contributed by atoms with Gasteiger partial charge in [-0.05, 0) is 43.3 Å². The van der Waals surface area contributed by atoms with Crippen LogP contribution in [0.25, 0.3) is 11.3 Å². The zero-order chi connectivity index (χ0) is 17.8. The molecule has 6 nitrogen and oxygen atoms in total. The largest absolute Gasteiger partial charge is 0.350 e. The number of ketones is 1. The number of hydrogen-bond acceptors (Lipinski definition) is 5. The van der Waals surface area contributed by atoms with Crippen molar-refractivity contribution in [2.75, 3.05) is 5.32 Å². The smallest absolute Gasteiger partial charge is 0.293 e. The average Bonchev–Trinajstić information content (AvgIpc) is 2.62. The van der Waals surface area contributed by atoms with E-state index in [1.54, 1.807) is 18.3 Å². The minimum atomic E-state index is -0.503. The number of nitrogens with zero attached hydrogens (tertiary/aromatic N) is 2. The average molecular weight is 333 g/mol. The number of nitro benzene ring substituents is 1. The van der Waals surface area contributed by atoms with Crippen molar-refractivity contribution in [1.29, 1.82) is 0 Å². The molecule has 0 aliphatic rings. The maximum absolute atomic E-state index is 11.4. The Hall–Kier alpha value is -3.54. The van der Waals surface area contributed by atoms with Gasteiger partial charge in [-0.25, -0.2) is 0 Å². The van der Waals surface area contributed by atoms with Crippen LogP contribution in [0, 0.1) is 10.1 Å². The highest BCUT2D eigenvalue weighted by Crippen LogP contribution is 2.30. The fourth-order valence-corrected chi connectivity index (χ4v) is 2.45. The topological polar surface area (TPSA) is 85.1 Å². The van der Waals surface area contributed by atoms with Crippen molar-refractivity contribution in [3.8, 4) is 11.3 Å². The molecular formula is C19H15N3O3. The Bertz CT molecular complexity index is 940. The van der Waals surface area contributed by atoms with Crippen LogP contribution in [0.4, 0.5) is 17.1 Å². The van der Waals surface area contributed by atoms with Crippen LogP contribution in [0.2, 0.25) is 0 Å². The molecule has 0 bridgehead atoms. The van der Waals surface area contributed by atoms with Gasteiger partial charge < -0.3 is 5.32 Å². The number of nitrogens with one attached hydrogen (secondary N) is 1. The van der Waals surface area contributed by atoms with Gasteiger partial charge in [-0.1, -0.05) is 18.2 Å². The molecule has 1 N–H and O–H groups in total. The first-order valence-corrected chi connectivity index (χ1v) is 7.62. The molecule has 1 aromatic heterocycles. The summed E-state index contributed by atoms with van der Waals surface area (Å²) in [5, 5.41) is 14.4. The number of anilines is 2. The maximum Gasteiger partial charge on any atom is 0.293 e. The second-order valence-corrected chi connectivity index (χ2v) is 5.47. The molecule has 0 atom stereocenters. The third-order valence-corrected chi connectivity index (χ3v) is 3.70. The van der Waals surface area contributed by atoms with Gasteiger partial charge in [0.05, 0.1) is 10.6 Å². The van der Waals surface area contributed by atoms with Gasteiger partial charge in [0.2, 0.25) is 0 Å². The predicted molar refractivity (Wildman–Crippen MR) is 96.1 cm³/mol. The summed E-state index contributed by atoms with van der Waals surface area (Å²) in [5.41, 5.74) is 2.90. The monoisotopic (exact) mass is 333 g/mol. The summed E-state index contributed by atoms with van der Waals surface area (Å²) in [4.78, 5) is 26.6. The third kappa shape index (κ3) is 3.69. The molecule has 0 amide bonds. The van der Waals surface area contributed by atoms with Gasteiger partial charge in [0.25, 0.3) is 5.69 Å². The van der Waals surface area contributed by atoms with Gasteiger partial charge in [0.1, 0.15) is 5.69 Å². The molecule has 25 heavy (non-hydrogen) atoms. The van der Waals surface area contributed by atoms with Gasteiger partial charge in [0.15, 0.2) is 5.78 Å². The molecule has 0 saturated carbocycles. The van der Waals surface area contributed by atoms with E-state index < -0.39 is 4.92 Å². The number of carbonyl (C=O) groups is 1. The Morgan fingerprint density at radius 1 is 1.08 bits per heavy atom. The highest BCUT2D eigenvalue weighted by atomic mass is 16.6. The minimum Gasteiger partial charge on any atom is -0.350 e. The summed E-state index contributed by atoms with van der Waals surface area (Å²) in [6, 6.07) is 17.5. The van der Waals surface area contributed by atoms with Crippen LogP contribution in [0.3, 0.4) is 0 Å². The van der Waals surface area contributed by atoms with Crippen LogP contribution in [-0.2, 0) is 0 Å². The lowest BCUT2D eigenvalue weighted by Crippen LogP contribution is -2.00. The molecule has 2 aromatic carbocycles. The van der Waals surface area contributed by atoms with E-state index in [0.29, 0.717) is 16.9 Å². The van der Waals surface area contributed by atoms with Crippen molar-refractivity contribution in [2.45, 2.75) is 6.92 Å². The van der Waals surface area contributed by atoms with E-state index in [0.717, 1.165) is 11.3 Å². The first-order valence-electron chi connectivity index (χ1n) is 7.62. The maximum atomic E-state index is 11.4. The normalized spacial score (nSPS) is 10.3. The number of nitro groups is 1. The molecule has 6 heteroatoms. The molecule has 0 aliphatic heterocycles. The van der Waals surface area contributed by atoms with E-state index >= 15 is 0 Å². The molecule has 0 radical (unpaired) electrons. The fraction of sp³-hybridized carbons (Fsp3) is 0.0526. The van der Waals surface area contributed by atoms with Crippen LogP contribution in [0.15, 0.2) is 66.9 Å². The van der Waals surface area contributed by atoms with Crippen molar-refractivity contribution < 1.29 is 9.72 Å². The summed E-state index contributed by atoms with van der Waals surface area (Å²) >= 11 is 0. The first kappa shape index (κ1) is 16.3. The number of benzene rings is 2. The Balaban J connectivity index is 1.95. The van der Waals surface area contributed by atoms with E-state index in [1.807, 2.05) is 42.5 Å². The zero-order valence-electron chi connectivity index (χ0n) is 13.5. The number of carbonyl (C=O) groups excluding carboxylic acids is 1. The van der Waals surface area contributed by atoms with Crippen molar-refractivity contribution in [2.24, 2.45) is 0 Å². The van der Waals surface area contributed by atoms with E-state index in [9.17, 15) is 14.9 Å². The molecule has 124 valence electrons. The lowest BCUT2D eigenvalue weighted by atomic mass is 10.1. The van der Waals surface area contributed by atoms with Crippen LogP contribution in [0.1, 0.15) is 17.3 Å². The quantitative estimate of drug-likeness (QED) is 0.419. The fourth-order valence-electron chi connectivity index (χ4n) is 2.45. The van der Waals surface area contributed by atoms with Gasteiger partial charge in [-0.2, -0.15) is 0 Å². The van der Waals surface area contributed by atoms with Gasteiger partial charge >= 0.3 is 0 Å². The number of aromatic nitrogens is 1. The molecule has 0 aliphatic carbocycles. The Labute approximate surface area is 144 Å². The van der Waals surface area contributed by atoms with Crippen LogP contribution in [-0.4, -0.2) is 15.7 Å².